The highest BCUT2D eigenvalue weighted by Gasteiger charge is 2.12. The molecule has 0 aliphatic rings. The normalized spacial score (nSPS) is 14.1. The third-order valence-electron chi connectivity index (χ3n) is 2.98. The van der Waals surface area contributed by atoms with Gasteiger partial charge in [-0.2, -0.15) is 0 Å². The molecule has 0 aromatic carbocycles. The van der Waals surface area contributed by atoms with Gasteiger partial charge in [0, 0.05) is 18.6 Å². The molecule has 0 aliphatic carbocycles. The molecule has 0 saturated carbocycles. The Balaban J connectivity index is 3.70. The molecule has 2 nitrogen and oxygen atoms in total. The van der Waals surface area contributed by atoms with Crippen LogP contribution in [-0.4, -0.2) is 36.6 Å². The van der Waals surface area contributed by atoms with Gasteiger partial charge in [0.15, 0.2) is 0 Å². The maximum Gasteiger partial charge on any atom is 0.00673 e. The van der Waals surface area contributed by atoms with Crippen LogP contribution < -0.4 is 5.32 Å². The second-order valence-electron chi connectivity index (χ2n) is 5.58. The molecule has 0 aromatic rings. The van der Waals surface area contributed by atoms with Crippen LogP contribution in [0.15, 0.2) is 0 Å². The van der Waals surface area contributed by atoms with E-state index in [0.717, 1.165) is 18.5 Å². The van der Waals surface area contributed by atoms with Gasteiger partial charge in [-0.1, -0.05) is 34.6 Å². The Bertz CT molecular complexity index is 155. The molecule has 0 radical (unpaired) electrons. The van der Waals surface area contributed by atoms with Gasteiger partial charge in [-0.25, -0.2) is 0 Å². The van der Waals surface area contributed by atoms with E-state index in [2.05, 4.69) is 51.8 Å². The van der Waals surface area contributed by atoms with E-state index in [9.17, 15) is 0 Å². The lowest BCUT2D eigenvalue weighted by Gasteiger charge is -2.29. The molecule has 0 fully saturated rings. The lowest BCUT2D eigenvalue weighted by atomic mass is 10.1. The number of rotatable bonds is 9. The molecule has 0 aliphatic heterocycles. The Morgan fingerprint density at radius 1 is 1.06 bits per heavy atom. The molecular weight excluding hydrogens is 196 g/mol. The van der Waals surface area contributed by atoms with Crippen molar-refractivity contribution in [2.24, 2.45) is 5.92 Å². The summed E-state index contributed by atoms with van der Waals surface area (Å²) < 4.78 is 0. The first-order valence-corrected chi connectivity index (χ1v) is 6.94. The molecule has 0 rings (SSSR count). The van der Waals surface area contributed by atoms with Crippen molar-refractivity contribution >= 4 is 0 Å². The molecule has 1 atom stereocenters. The van der Waals surface area contributed by atoms with Gasteiger partial charge in [0.2, 0.25) is 0 Å². The first-order chi connectivity index (χ1) is 7.47. The molecule has 0 heterocycles. The van der Waals surface area contributed by atoms with Crippen LogP contribution in [0.1, 0.15) is 54.4 Å². The number of nitrogens with one attached hydrogen (secondary N) is 1. The van der Waals surface area contributed by atoms with Gasteiger partial charge in [0.1, 0.15) is 0 Å². The zero-order valence-corrected chi connectivity index (χ0v) is 12.2. The molecule has 0 bridgehead atoms. The lowest BCUT2D eigenvalue weighted by Crippen LogP contribution is -2.36. The Kier molecular flexibility index (Phi) is 8.96. The van der Waals surface area contributed by atoms with Crippen molar-refractivity contribution in [3.8, 4) is 0 Å². The van der Waals surface area contributed by atoms with Crippen molar-refractivity contribution in [1.82, 2.24) is 10.2 Å². The smallest absolute Gasteiger partial charge is 0.00673 e. The minimum absolute atomic E-state index is 0.619. The number of hydrogen-bond donors (Lipinski definition) is 1. The van der Waals surface area contributed by atoms with E-state index in [0.29, 0.717) is 6.04 Å². The second kappa shape index (κ2) is 9.00. The van der Waals surface area contributed by atoms with Crippen LogP contribution in [0.5, 0.6) is 0 Å². The Hall–Kier alpha value is -0.0800. The van der Waals surface area contributed by atoms with Gasteiger partial charge >= 0.3 is 0 Å². The van der Waals surface area contributed by atoms with E-state index >= 15 is 0 Å². The lowest BCUT2D eigenvalue weighted by molar-refractivity contribution is 0.185. The molecule has 16 heavy (non-hydrogen) atoms. The maximum absolute atomic E-state index is 3.48. The highest BCUT2D eigenvalue weighted by molar-refractivity contribution is 4.68. The SMILES string of the molecule is CCN(CC(C)C)C(C)CCCNC(C)C. The van der Waals surface area contributed by atoms with Crippen LogP contribution in [0.3, 0.4) is 0 Å². The van der Waals surface area contributed by atoms with E-state index in [-0.39, 0.29) is 0 Å². The fourth-order valence-corrected chi connectivity index (χ4v) is 2.06. The van der Waals surface area contributed by atoms with E-state index in [4.69, 9.17) is 0 Å². The van der Waals surface area contributed by atoms with Crippen molar-refractivity contribution < 1.29 is 0 Å². The third kappa shape index (κ3) is 8.12. The monoisotopic (exact) mass is 228 g/mol. The van der Waals surface area contributed by atoms with E-state index in [1.165, 1.54) is 25.9 Å². The van der Waals surface area contributed by atoms with E-state index in [1.54, 1.807) is 0 Å². The third-order valence-corrected chi connectivity index (χ3v) is 2.98. The van der Waals surface area contributed by atoms with Gasteiger partial charge in [-0.3, -0.25) is 0 Å². The summed E-state index contributed by atoms with van der Waals surface area (Å²) in [5.74, 6) is 0.774. The number of nitrogens with zero attached hydrogens (tertiary/aromatic N) is 1. The summed E-state index contributed by atoms with van der Waals surface area (Å²) in [6, 6.07) is 1.34. The molecule has 0 aromatic heterocycles. The fourth-order valence-electron chi connectivity index (χ4n) is 2.06. The van der Waals surface area contributed by atoms with Crippen molar-refractivity contribution in [3.63, 3.8) is 0 Å². The Morgan fingerprint density at radius 3 is 2.12 bits per heavy atom. The van der Waals surface area contributed by atoms with Gasteiger partial charge < -0.3 is 10.2 Å². The second-order valence-corrected chi connectivity index (χ2v) is 5.58. The molecule has 2 heteroatoms. The summed E-state index contributed by atoms with van der Waals surface area (Å²) in [7, 11) is 0. The van der Waals surface area contributed by atoms with Crippen molar-refractivity contribution in [2.75, 3.05) is 19.6 Å². The topological polar surface area (TPSA) is 15.3 Å². The Labute approximate surface area is 103 Å². The van der Waals surface area contributed by atoms with E-state index in [1.807, 2.05) is 0 Å². The van der Waals surface area contributed by atoms with Crippen molar-refractivity contribution in [2.45, 2.75) is 66.5 Å². The van der Waals surface area contributed by atoms with Crippen LogP contribution in [0.25, 0.3) is 0 Å². The molecule has 1 N–H and O–H groups in total. The summed E-state index contributed by atoms with van der Waals surface area (Å²) in [5, 5.41) is 3.48. The molecule has 0 saturated heterocycles. The molecule has 0 amide bonds. The summed E-state index contributed by atoms with van der Waals surface area (Å²) in [4.78, 5) is 2.60. The predicted octanol–water partition coefficient (Wildman–Crippen LogP) is 3.13. The van der Waals surface area contributed by atoms with E-state index < -0.39 is 0 Å². The number of hydrogen-bond acceptors (Lipinski definition) is 2. The standard InChI is InChI=1S/C14H32N2/c1-7-16(11-12(2)3)14(6)9-8-10-15-13(4)5/h12-15H,7-11H2,1-6H3. The van der Waals surface area contributed by atoms with Crippen LogP contribution in [0, 0.1) is 5.92 Å². The summed E-state index contributed by atoms with van der Waals surface area (Å²) >= 11 is 0. The maximum atomic E-state index is 3.48. The molecular formula is C14H32N2. The molecule has 0 spiro atoms. The molecule has 1 unspecified atom stereocenters. The van der Waals surface area contributed by atoms with Gasteiger partial charge in [-0.15, -0.1) is 0 Å². The fraction of sp³-hybridized carbons (Fsp3) is 1.00. The average Bonchev–Trinajstić information content (AvgIpc) is 2.20. The summed E-state index contributed by atoms with van der Waals surface area (Å²) in [6.45, 7) is 17.2. The van der Waals surface area contributed by atoms with Crippen LogP contribution in [0.2, 0.25) is 0 Å². The first-order valence-electron chi connectivity index (χ1n) is 6.94. The average molecular weight is 228 g/mol. The zero-order chi connectivity index (χ0) is 12.6. The van der Waals surface area contributed by atoms with Crippen molar-refractivity contribution in [3.05, 3.63) is 0 Å². The minimum Gasteiger partial charge on any atom is -0.315 e. The van der Waals surface area contributed by atoms with Crippen LogP contribution >= 0.6 is 0 Å². The van der Waals surface area contributed by atoms with Gasteiger partial charge in [0.05, 0.1) is 0 Å². The van der Waals surface area contributed by atoms with Crippen LogP contribution in [0.4, 0.5) is 0 Å². The van der Waals surface area contributed by atoms with Crippen LogP contribution in [-0.2, 0) is 0 Å². The summed E-state index contributed by atoms with van der Waals surface area (Å²) in [5.41, 5.74) is 0. The highest BCUT2D eigenvalue weighted by Crippen LogP contribution is 2.09. The van der Waals surface area contributed by atoms with Crippen molar-refractivity contribution in [1.29, 1.82) is 0 Å². The van der Waals surface area contributed by atoms with Gasteiger partial charge in [0.25, 0.3) is 0 Å². The Morgan fingerprint density at radius 2 is 1.69 bits per heavy atom. The van der Waals surface area contributed by atoms with Gasteiger partial charge in [-0.05, 0) is 38.8 Å². The summed E-state index contributed by atoms with van der Waals surface area (Å²) in [6.07, 6.45) is 2.59. The largest absolute Gasteiger partial charge is 0.315 e. The molecule has 98 valence electrons. The highest BCUT2D eigenvalue weighted by atomic mass is 15.1. The quantitative estimate of drug-likeness (QED) is 0.610. The minimum atomic E-state index is 0.619. The first kappa shape index (κ1) is 15.9. The predicted molar refractivity (Wildman–Crippen MR) is 73.9 cm³/mol. The zero-order valence-electron chi connectivity index (χ0n) is 12.2.